The van der Waals surface area contributed by atoms with Crippen LogP contribution in [0.4, 0.5) is 5.69 Å². The normalized spacial score (nSPS) is 10.7. The Morgan fingerprint density at radius 3 is 2.93 bits per heavy atom. The maximum absolute atomic E-state index is 12.9. The molecule has 0 spiro atoms. The molecule has 0 bridgehead atoms. The van der Waals surface area contributed by atoms with Crippen LogP contribution in [0.3, 0.4) is 0 Å². The predicted octanol–water partition coefficient (Wildman–Crippen LogP) is 3.68. The Hall–Kier alpha value is -3.94. The second kappa shape index (κ2) is 7.97. The fourth-order valence-corrected chi connectivity index (χ4v) is 2.95. The number of imidazole rings is 1. The van der Waals surface area contributed by atoms with Crippen molar-refractivity contribution in [1.29, 1.82) is 0 Å². The number of methoxy groups -OCH3 is 1. The van der Waals surface area contributed by atoms with E-state index in [1.165, 1.54) is 0 Å². The summed E-state index contributed by atoms with van der Waals surface area (Å²) in [6.07, 6.45) is 4.73. The maximum atomic E-state index is 12.9. The van der Waals surface area contributed by atoms with Crippen LogP contribution in [0.25, 0.3) is 22.6 Å². The molecule has 8 heteroatoms. The fourth-order valence-electron chi connectivity index (χ4n) is 2.95. The molecule has 29 heavy (non-hydrogen) atoms. The van der Waals surface area contributed by atoms with Gasteiger partial charge in [0.25, 0.3) is 5.91 Å². The van der Waals surface area contributed by atoms with Crippen LogP contribution in [0.1, 0.15) is 17.3 Å². The number of nitrogens with zero attached hydrogens (tertiary/aromatic N) is 3. The summed E-state index contributed by atoms with van der Waals surface area (Å²) in [6, 6.07) is 10.8. The first-order chi connectivity index (χ1) is 14.2. The van der Waals surface area contributed by atoms with E-state index < -0.39 is 0 Å². The quantitative estimate of drug-likeness (QED) is 0.522. The summed E-state index contributed by atoms with van der Waals surface area (Å²) < 4.78 is 10.8. The van der Waals surface area contributed by atoms with E-state index in [1.54, 1.807) is 37.8 Å². The van der Waals surface area contributed by atoms with E-state index in [9.17, 15) is 4.79 Å². The van der Waals surface area contributed by atoms with E-state index in [0.717, 1.165) is 5.56 Å². The van der Waals surface area contributed by atoms with Crippen LogP contribution >= 0.6 is 0 Å². The molecule has 0 radical (unpaired) electrons. The van der Waals surface area contributed by atoms with Crippen molar-refractivity contribution in [1.82, 2.24) is 19.9 Å². The molecule has 2 N–H and O–H groups in total. The van der Waals surface area contributed by atoms with E-state index in [1.807, 2.05) is 31.2 Å². The Balaban J connectivity index is 1.69. The van der Waals surface area contributed by atoms with E-state index >= 15 is 0 Å². The van der Waals surface area contributed by atoms with Crippen molar-refractivity contribution < 1.29 is 14.3 Å². The van der Waals surface area contributed by atoms with Crippen LogP contribution in [0.5, 0.6) is 11.5 Å². The van der Waals surface area contributed by atoms with Crippen molar-refractivity contribution >= 4 is 22.8 Å². The van der Waals surface area contributed by atoms with Gasteiger partial charge >= 0.3 is 0 Å². The molecular formula is C21H19N5O3. The Morgan fingerprint density at radius 1 is 1.21 bits per heavy atom. The number of benzene rings is 1. The van der Waals surface area contributed by atoms with Crippen molar-refractivity contribution in [2.24, 2.45) is 0 Å². The van der Waals surface area contributed by atoms with Gasteiger partial charge in [-0.1, -0.05) is 12.1 Å². The van der Waals surface area contributed by atoms with Crippen LogP contribution in [-0.4, -0.2) is 39.6 Å². The number of anilines is 1. The number of rotatable bonds is 6. The molecule has 146 valence electrons. The number of hydrogen-bond donors (Lipinski definition) is 2. The fraction of sp³-hybridized carbons (Fsp3) is 0.143. The summed E-state index contributed by atoms with van der Waals surface area (Å²) in [6.45, 7) is 2.36. The topological polar surface area (TPSA) is 102 Å². The van der Waals surface area contributed by atoms with Crippen LogP contribution in [-0.2, 0) is 0 Å². The van der Waals surface area contributed by atoms with Crippen LogP contribution in [0, 0.1) is 0 Å². The van der Waals surface area contributed by atoms with Gasteiger partial charge in [0.15, 0.2) is 5.65 Å². The van der Waals surface area contributed by atoms with Gasteiger partial charge in [0.05, 0.1) is 25.5 Å². The minimum Gasteiger partial charge on any atom is -0.497 e. The molecule has 3 aromatic heterocycles. The molecule has 1 aromatic carbocycles. The first kappa shape index (κ1) is 18.4. The Bertz CT molecular complexity index is 1170. The minimum absolute atomic E-state index is 0.324. The molecule has 0 aliphatic carbocycles. The third-order valence-corrected chi connectivity index (χ3v) is 4.30. The molecule has 0 aliphatic rings. The number of ether oxygens (including phenoxy) is 2. The smallest absolute Gasteiger partial charge is 0.258 e. The van der Waals surface area contributed by atoms with Gasteiger partial charge < -0.3 is 19.8 Å². The second-order valence-electron chi connectivity index (χ2n) is 6.13. The van der Waals surface area contributed by atoms with Crippen LogP contribution in [0.2, 0.25) is 0 Å². The number of carbonyl (C=O) groups excluding carboxylic acids is 1. The molecule has 3 heterocycles. The first-order valence-corrected chi connectivity index (χ1v) is 9.07. The third kappa shape index (κ3) is 3.73. The molecule has 0 aliphatic heterocycles. The van der Waals surface area contributed by atoms with Gasteiger partial charge in [0.1, 0.15) is 28.5 Å². The van der Waals surface area contributed by atoms with Gasteiger partial charge in [-0.15, -0.1) is 0 Å². The minimum atomic E-state index is -0.324. The molecule has 0 saturated carbocycles. The summed E-state index contributed by atoms with van der Waals surface area (Å²) in [5, 5.41) is 2.84. The van der Waals surface area contributed by atoms with Crippen LogP contribution in [0.15, 0.2) is 55.0 Å². The number of fused-ring (bicyclic) bond motifs is 1. The summed E-state index contributed by atoms with van der Waals surface area (Å²) >= 11 is 0. The average molecular weight is 389 g/mol. The number of carbonyl (C=O) groups is 1. The average Bonchev–Trinajstić information content (AvgIpc) is 3.20. The zero-order valence-corrected chi connectivity index (χ0v) is 16.0. The molecule has 4 aromatic rings. The van der Waals surface area contributed by atoms with E-state index in [4.69, 9.17) is 9.47 Å². The van der Waals surface area contributed by atoms with Gasteiger partial charge in [-0.25, -0.2) is 9.97 Å². The Morgan fingerprint density at radius 2 is 2.10 bits per heavy atom. The van der Waals surface area contributed by atoms with E-state index in [-0.39, 0.29) is 5.91 Å². The standard InChI is InChI=1S/C21H19N5O3/c1-3-29-17-8-9-22-12-16(17)24-21(27)15-7-10-23-20-18(15)25-19(26-20)13-5-4-6-14(11-13)28-2/h4-12H,3H2,1-2H3,(H,24,27)(H,23,25,26). The molecule has 8 nitrogen and oxygen atoms in total. The molecule has 1 amide bonds. The summed E-state index contributed by atoms with van der Waals surface area (Å²) in [5.74, 6) is 1.55. The monoisotopic (exact) mass is 389 g/mol. The third-order valence-electron chi connectivity index (χ3n) is 4.30. The number of aromatic amines is 1. The van der Waals surface area contributed by atoms with Gasteiger partial charge in [-0.05, 0) is 25.1 Å². The highest BCUT2D eigenvalue weighted by Crippen LogP contribution is 2.26. The van der Waals surface area contributed by atoms with Gasteiger partial charge in [-0.3, -0.25) is 9.78 Å². The highest BCUT2D eigenvalue weighted by Gasteiger charge is 2.17. The maximum Gasteiger partial charge on any atom is 0.258 e. The van der Waals surface area contributed by atoms with Crippen molar-refractivity contribution in [3.05, 3.63) is 60.6 Å². The molecule has 0 saturated heterocycles. The molecule has 0 unspecified atom stereocenters. The second-order valence-corrected chi connectivity index (χ2v) is 6.13. The SMILES string of the molecule is CCOc1ccncc1NC(=O)c1ccnc2[nH]c(-c3cccc(OC)c3)nc12. The number of nitrogens with one attached hydrogen (secondary N) is 2. The first-order valence-electron chi connectivity index (χ1n) is 9.07. The van der Waals surface area contributed by atoms with E-state index in [0.29, 0.717) is 46.3 Å². The summed E-state index contributed by atoms with van der Waals surface area (Å²) in [7, 11) is 1.61. The highest BCUT2D eigenvalue weighted by molar-refractivity contribution is 6.11. The number of aromatic nitrogens is 4. The van der Waals surface area contributed by atoms with Crippen molar-refractivity contribution in [3.63, 3.8) is 0 Å². The van der Waals surface area contributed by atoms with Gasteiger partial charge in [0.2, 0.25) is 0 Å². The van der Waals surface area contributed by atoms with Crippen LogP contribution < -0.4 is 14.8 Å². The molecule has 0 atom stereocenters. The Kier molecular flexibility index (Phi) is 5.07. The number of hydrogen-bond acceptors (Lipinski definition) is 6. The zero-order chi connectivity index (χ0) is 20.2. The van der Waals surface area contributed by atoms with Gasteiger partial charge in [-0.2, -0.15) is 0 Å². The molecule has 0 fully saturated rings. The van der Waals surface area contributed by atoms with Crippen molar-refractivity contribution in [2.45, 2.75) is 6.92 Å². The lowest BCUT2D eigenvalue weighted by Crippen LogP contribution is -2.14. The number of pyridine rings is 2. The number of H-pyrrole nitrogens is 1. The lowest BCUT2D eigenvalue weighted by atomic mass is 10.2. The molecule has 4 rings (SSSR count). The lowest BCUT2D eigenvalue weighted by Gasteiger charge is -2.10. The molecular weight excluding hydrogens is 370 g/mol. The summed E-state index contributed by atoms with van der Waals surface area (Å²) in [4.78, 5) is 29.0. The highest BCUT2D eigenvalue weighted by atomic mass is 16.5. The van der Waals surface area contributed by atoms with Crippen molar-refractivity contribution in [3.8, 4) is 22.9 Å². The summed E-state index contributed by atoms with van der Waals surface area (Å²) in [5.41, 5.74) is 2.72. The number of amides is 1. The van der Waals surface area contributed by atoms with E-state index in [2.05, 4.69) is 25.3 Å². The Labute approximate surface area is 166 Å². The van der Waals surface area contributed by atoms with Gasteiger partial charge in [0, 0.05) is 24.0 Å². The largest absolute Gasteiger partial charge is 0.497 e. The lowest BCUT2D eigenvalue weighted by molar-refractivity contribution is 0.102. The van der Waals surface area contributed by atoms with Crippen molar-refractivity contribution in [2.75, 3.05) is 19.0 Å². The predicted molar refractivity (Wildman–Crippen MR) is 109 cm³/mol. The zero-order valence-electron chi connectivity index (χ0n) is 16.0.